The quantitative estimate of drug-likeness (QED) is 0.820. The molecule has 7 nitrogen and oxygen atoms in total. The van der Waals surface area contributed by atoms with Crippen LogP contribution in [0.2, 0.25) is 0 Å². The summed E-state index contributed by atoms with van der Waals surface area (Å²) >= 11 is 0. The molecule has 3 rings (SSSR count). The van der Waals surface area contributed by atoms with Gasteiger partial charge in [-0.2, -0.15) is 9.40 Å². The second-order valence-corrected chi connectivity index (χ2v) is 7.55. The zero-order valence-corrected chi connectivity index (χ0v) is 13.2. The molecule has 2 aliphatic heterocycles. The van der Waals surface area contributed by atoms with Gasteiger partial charge in [-0.3, -0.25) is 5.10 Å². The first kappa shape index (κ1) is 15.0. The molecular weight excluding hydrogens is 292 g/mol. The maximum atomic E-state index is 12.9. The van der Waals surface area contributed by atoms with E-state index in [1.54, 1.807) is 0 Å². The van der Waals surface area contributed by atoms with Gasteiger partial charge in [-0.15, -0.1) is 0 Å². The topological polar surface area (TPSA) is 87.3 Å². The second-order valence-electron chi connectivity index (χ2n) is 5.69. The van der Waals surface area contributed by atoms with Crippen LogP contribution in [0, 0.1) is 6.92 Å². The molecule has 3 heterocycles. The van der Waals surface area contributed by atoms with E-state index in [1.807, 2.05) is 13.8 Å². The van der Waals surface area contributed by atoms with Crippen molar-refractivity contribution in [1.29, 1.82) is 0 Å². The number of nitrogens with one attached hydrogen (secondary N) is 2. The van der Waals surface area contributed by atoms with Crippen molar-refractivity contribution in [1.82, 2.24) is 19.8 Å². The van der Waals surface area contributed by atoms with Gasteiger partial charge in [0.1, 0.15) is 0 Å². The van der Waals surface area contributed by atoms with Gasteiger partial charge in [0.15, 0.2) is 5.03 Å². The third-order valence-corrected chi connectivity index (χ3v) is 5.99. The zero-order chi connectivity index (χ0) is 15.0. The molecule has 1 aromatic heterocycles. The number of ether oxygens (including phenoxy) is 1. The number of morpholine rings is 1. The number of hydrogen-bond acceptors (Lipinski definition) is 5. The molecule has 0 amide bonds. The van der Waals surface area contributed by atoms with Gasteiger partial charge in [0.2, 0.25) is 0 Å². The molecule has 21 heavy (non-hydrogen) atoms. The predicted octanol–water partition coefficient (Wildman–Crippen LogP) is 0.380. The monoisotopic (exact) mass is 314 g/mol. The summed E-state index contributed by atoms with van der Waals surface area (Å²) in [6.45, 7) is 6.00. The molecule has 2 saturated heterocycles. The highest BCUT2D eigenvalue weighted by atomic mass is 32.2. The molecule has 2 atom stereocenters. The van der Waals surface area contributed by atoms with Crippen LogP contribution in [-0.2, 0) is 21.3 Å². The lowest BCUT2D eigenvalue weighted by Crippen LogP contribution is -2.46. The van der Waals surface area contributed by atoms with Gasteiger partial charge in [-0.05, 0) is 26.3 Å². The first-order chi connectivity index (χ1) is 10.0. The summed E-state index contributed by atoms with van der Waals surface area (Å²) in [7, 11) is -3.56. The van der Waals surface area contributed by atoms with Crippen molar-refractivity contribution in [3.63, 3.8) is 0 Å². The highest BCUT2D eigenvalue weighted by Gasteiger charge is 2.41. The van der Waals surface area contributed by atoms with Gasteiger partial charge in [0.05, 0.1) is 12.2 Å². The molecule has 118 valence electrons. The second kappa shape index (κ2) is 5.68. The fraction of sp³-hybridized carbons (Fsp3) is 0.769. The van der Waals surface area contributed by atoms with E-state index in [2.05, 4.69) is 15.5 Å². The van der Waals surface area contributed by atoms with E-state index in [4.69, 9.17) is 4.74 Å². The number of aromatic nitrogens is 2. The Morgan fingerprint density at radius 3 is 2.67 bits per heavy atom. The molecule has 2 unspecified atom stereocenters. The van der Waals surface area contributed by atoms with Crippen molar-refractivity contribution >= 4 is 10.0 Å². The van der Waals surface area contributed by atoms with Crippen LogP contribution in [0.15, 0.2) is 5.03 Å². The van der Waals surface area contributed by atoms with Crippen LogP contribution in [0.25, 0.3) is 0 Å². The maximum Gasteiger partial charge on any atom is 0.262 e. The largest absolute Gasteiger partial charge is 0.372 e. The fourth-order valence-corrected chi connectivity index (χ4v) is 4.66. The lowest BCUT2D eigenvalue weighted by Gasteiger charge is -2.30. The van der Waals surface area contributed by atoms with Crippen molar-refractivity contribution in [2.75, 3.05) is 19.6 Å². The summed E-state index contributed by atoms with van der Waals surface area (Å²) in [4.78, 5) is 0. The Kier molecular flexibility index (Phi) is 4.04. The number of sulfonamides is 1. The van der Waals surface area contributed by atoms with Gasteiger partial charge in [0.25, 0.3) is 10.0 Å². The molecule has 2 fully saturated rings. The highest BCUT2D eigenvalue weighted by molar-refractivity contribution is 7.89. The van der Waals surface area contributed by atoms with E-state index in [0.29, 0.717) is 19.6 Å². The molecule has 2 aliphatic rings. The molecule has 0 aromatic carbocycles. The highest BCUT2D eigenvalue weighted by Crippen LogP contribution is 2.30. The van der Waals surface area contributed by atoms with E-state index in [9.17, 15) is 8.42 Å². The molecule has 2 bridgehead atoms. The van der Waals surface area contributed by atoms with Crippen molar-refractivity contribution in [3.05, 3.63) is 11.3 Å². The smallest absolute Gasteiger partial charge is 0.262 e. The Morgan fingerprint density at radius 2 is 2.05 bits per heavy atom. The molecule has 8 heteroatoms. The summed E-state index contributed by atoms with van der Waals surface area (Å²) in [5, 5.41) is 10.2. The van der Waals surface area contributed by atoms with E-state index >= 15 is 0 Å². The molecule has 0 spiro atoms. The number of hydrogen-bond donors (Lipinski definition) is 2. The van der Waals surface area contributed by atoms with Gasteiger partial charge in [-0.25, -0.2) is 8.42 Å². The fourth-order valence-electron chi connectivity index (χ4n) is 3.00. The summed E-state index contributed by atoms with van der Waals surface area (Å²) in [6, 6.07) is 0. The summed E-state index contributed by atoms with van der Waals surface area (Å²) < 4.78 is 33.0. The lowest BCUT2D eigenvalue weighted by atomic mass is 10.2. The number of aryl methyl sites for hydroxylation is 1. The standard InChI is InChI=1S/C13H22N4O3S/c1-3-14-6-12-9(2)15-16-13(12)21(18,19)17-7-10-4-5-11(8-17)20-10/h10-11,14H,3-8H2,1-2H3,(H,15,16). The van der Waals surface area contributed by atoms with Gasteiger partial charge in [-0.1, -0.05) is 6.92 Å². The normalized spacial score (nSPS) is 26.4. The summed E-state index contributed by atoms with van der Waals surface area (Å²) in [6.07, 6.45) is 1.97. The number of nitrogens with zero attached hydrogens (tertiary/aromatic N) is 2. The molecule has 2 N–H and O–H groups in total. The molecular formula is C13H22N4O3S. The van der Waals surface area contributed by atoms with Crippen molar-refractivity contribution < 1.29 is 13.2 Å². The van der Waals surface area contributed by atoms with Gasteiger partial charge < -0.3 is 10.1 Å². The van der Waals surface area contributed by atoms with Crippen molar-refractivity contribution in [3.8, 4) is 0 Å². The van der Waals surface area contributed by atoms with Crippen LogP contribution in [0.1, 0.15) is 31.0 Å². The van der Waals surface area contributed by atoms with E-state index in [0.717, 1.165) is 30.6 Å². The average Bonchev–Trinajstić information content (AvgIpc) is 2.99. The van der Waals surface area contributed by atoms with Crippen LogP contribution in [-0.4, -0.2) is 54.8 Å². The van der Waals surface area contributed by atoms with Crippen LogP contribution in [0.5, 0.6) is 0 Å². The molecule has 1 aromatic rings. The Hall–Kier alpha value is -0.960. The third kappa shape index (κ3) is 2.73. The molecule has 0 radical (unpaired) electrons. The molecule has 0 aliphatic carbocycles. The molecule has 0 saturated carbocycles. The third-order valence-electron chi connectivity index (χ3n) is 4.18. The van der Waals surface area contributed by atoms with E-state index in [1.165, 1.54) is 4.31 Å². The Morgan fingerprint density at radius 1 is 1.38 bits per heavy atom. The minimum atomic E-state index is -3.56. The van der Waals surface area contributed by atoms with Crippen LogP contribution >= 0.6 is 0 Å². The Bertz CT molecular complexity index is 601. The van der Waals surface area contributed by atoms with Crippen LogP contribution < -0.4 is 5.32 Å². The van der Waals surface area contributed by atoms with Crippen molar-refractivity contribution in [2.45, 2.75) is 50.5 Å². The van der Waals surface area contributed by atoms with E-state index in [-0.39, 0.29) is 17.2 Å². The van der Waals surface area contributed by atoms with Crippen molar-refractivity contribution in [2.24, 2.45) is 0 Å². The zero-order valence-electron chi connectivity index (χ0n) is 12.4. The first-order valence-electron chi connectivity index (χ1n) is 7.42. The Labute approximate surface area is 125 Å². The average molecular weight is 314 g/mol. The van der Waals surface area contributed by atoms with Gasteiger partial charge in [0, 0.05) is 30.9 Å². The predicted molar refractivity (Wildman–Crippen MR) is 77.4 cm³/mol. The van der Waals surface area contributed by atoms with E-state index < -0.39 is 10.0 Å². The minimum Gasteiger partial charge on any atom is -0.372 e. The number of H-pyrrole nitrogens is 1. The number of rotatable bonds is 5. The first-order valence-corrected chi connectivity index (χ1v) is 8.86. The number of fused-ring (bicyclic) bond motifs is 2. The SMILES string of the molecule is CCNCc1c(S(=O)(=O)N2CC3CCC(C2)O3)n[nH]c1C. The maximum absolute atomic E-state index is 12.9. The van der Waals surface area contributed by atoms with Crippen LogP contribution in [0.4, 0.5) is 0 Å². The summed E-state index contributed by atoms with van der Waals surface area (Å²) in [5.41, 5.74) is 1.53. The lowest BCUT2D eigenvalue weighted by molar-refractivity contribution is -0.0115. The number of aromatic amines is 1. The summed E-state index contributed by atoms with van der Waals surface area (Å²) in [5.74, 6) is 0. The van der Waals surface area contributed by atoms with Gasteiger partial charge >= 0.3 is 0 Å². The van der Waals surface area contributed by atoms with Crippen LogP contribution in [0.3, 0.4) is 0 Å². The minimum absolute atomic E-state index is 0.0378. The Balaban J connectivity index is 1.88.